The number of aromatic hydroxyl groups is 2. The second-order valence-corrected chi connectivity index (χ2v) is 13.5. The molecule has 2 aromatic rings. The third-order valence-corrected chi connectivity index (χ3v) is 10.3. The Hall–Kier alpha value is -3.06. The van der Waals surface area contributed by atoms with Crippen LogP contribution in [0.3, 0.4) is 0 Å². The molecule has 2 aliphatic carbocycles. The number of rotatable bonds is 13. The molecule has 1 saturated heterocycles. The van der Waals surface area contributed by atoms with E-state index in [1.54, 1.807) is 13.0 Å². The first kappa shape index (κ1) is 38.7. The molecule has 1 fully saturated rings. The summed E-state index contributed by atoms with van der Waals surface area (Å²) in [5, 5.41) is 46.3. The molecular formula is C37H50ClNO10. The predicted octanol–water partition coefficient (Wildman–Crippen LogP) is 5.17. The molecule has 6 atom stereocenters. The van der Waals surface area contributed by atoms with Crippen LogP contribution in [-0.4, -0.2) is 93.0 Å². The number of carbonyl (C=O) groups excluding carboxylic acids is 3. The van der Waals surface area contributed by atoms with Crippen LogP contribution in [0.4, 0.5) is 0 Å². The van der Waals surface area contributed by atoms with Gasteiger partial charge in [-0.2, -0.15) is 0 Å². The number of halogens is 1. The van der Waals surface area contributed by atoms with E-state index in [0.29, 0.717) is 0 Å². The van der Waals surface area contributed by atoms with Crippen molar-refractivity contribution in [2.24, 2.45) is 0 Å². The Balaban J connectivity index is 0.00000541. The molecule has 0 aromatic heterocycles. The van der Waals surface area contributed by atoms with Crippen LogP contribution in [0.2, 0.25) is 0 Å². The number of methoxy groups -OCH3 is 1. The number of unbranched alkanes of at least 4 members (excludes halogenated alkanes) is 4. The van der Waals surface area contributed by atoms with Gasteiger partial charge in [0.1, 0.15) is 22.8 Å². The third kappa shape index (κ3) is 7.25. The van der Waals surface area contributed by atoms with Crippen molar-refractivity contribution in [1.82, 2.24) is 4.90 Å². The summed E-state index contributed by atoms with van der Waals surface area (Å²) < 4.78 is 18.0. The molecule has 0 bridgehead atoms. The summed E-state index contributed by atoms with van der Waals surface area (Å²) in [7, 11) is 1.36. The number of Topliss-reactive ketones (excluding diaryl/α,β-unsaturated/α-hetero) is 1. The van der Waals surface area contributed by atoms with E-state index in [9.17, 15) is 34.8 Å². The quantitative estimate of drug-likeness (QED) is 0.137. The molecule has 1 heterocycles. The van der Waals surface area contributed by atoms with E-state index in [2.05, 4.69) is 18.7 Å². The number of hydrogen-bond donors (Lipinski definition) is 4. The zero-order valence-corrected chi connectivity index (χ0v) is 29.8. The standard InChI is InChI=1S/C37H49NO10.ClH/c1-6-8-10-15-38(16-11-9-7-2)24-17-27(47-20(3)32(24)40)48-26-19-37(45,21(4)39)18-23-29(26)36(44)31-30(34(23)42)33(41)22-13-12-14-25(46-5)28(22)35(31)43;/h12-14,20,24,26-27,32,40,42,44-45H,6-11,15-19H2,1-5H3;1H/t20?,24?,26-,27?,32?,37-;/m0./s1. The number of phenolic OH excluding ortho intramolecular Hbond substituents is 2. The average molecular weight is 704 g/mol. The van der Waals surface area contributed by atoms with E-state index in [1.165, 1.54) is 26.2 Å². The van der Waals surface area contributed by atoms with Gasteiger partial charge in [0.05, 0.1) is 42.1 Å². The second-order valence-electron chi connectivity index (χ2n) is 13.5. The molecule has 0 spiro atoms. The first-order valence-electron chi connectivity index (χ1n) is 17.2. The van der Waals surface area contributed by atoms with E-state index in [1.807, 2.05) is 0 Å². The minimum atomic E-state index is -2.00. The highest BCUT2D eigenvalue weighted by molar-refractivity contribution is 6.31. The number of aliphatic hydroxyl groups excluding tert-OH is 1. The fourth-order valence-corrected chi connectivity index (χ4v) is 7.54. The van der Waals surface area contributed by atoms with Crippen molar-refractivity contribution in [3.8, 4) is 17.2 Å². The third-order valence-electron chi connectivity index (χ3n) is 10.3. The normalized spacial score (nSPS) is 26.1. The molecule has 49 heavy (non-hydrogen) atoms. The summed E-state index contributed by atoms with van der Waals surface area (Å²) in [6.45, 7) is 8.88. The van der Waals surface area contributed by atoms with Gasteiger partial charge in [-0.3, -0.25) is 19.3 Å². The summed E-state index contributed by atoms with van der Waals surface area (Å²) in [5.74, 6) is -3.01. The minimum Gasteiger partial charge on any atom is -0.507 e. The van der Waals surface area contributed by atoms with Crippen molar-refractivity contribution in [2.45, 2.75) is 122 Å². The highest BCUT2D eigenvalue weighted by Gasteiger charge is 2.50. The molecule has 0 amide bonds. The zero-order chi connectivity index (χ0) is 34.9. The molecule has 11 nitrogen and oxygen atoms in total. The maximum atomic E-state index is 13.9. The summed E-state index contributed by atoms with van der Waals surface area (Å²) in [5.41, 5.74) is -2.85. The van der Waals surface area contributed by atoms with Gasteiger partial charge in [0, 0.05) is 42.0 Å². The summed E-state index contributed by atoms with van der Waals surface area (Å²) >= 11 is 0. The fourth-order valence-electron chi connectivity index (χ4n) is 7.54. The zero-order valence-electron chi connectivity index (χ0n) is 29.0. The molecule has 5 rings (SSSR count). The van der Waals surface area contributed by atoms with Crippen LogP contribution in [-0.2, 0) is 20.7 Å². The lowest BCUT2D eigenvalue weighted by Gasteiger charge is -2.45. The van der Waals surface area contributed by atoms with Crippen LogP contribution in [0, 0.1) is 0 Å². The molecule has 4 unspecified atom stereocenters. The van der Waals surface area contributed by atoms with Crippen molar-refractivity contribution in [3.05, 3.63) is 51.6 Å². The van der Waals surface area contributed by atoms with E-state index in [-0.39, 0.29) is 64.9 Å². The molecule has 1 aliphatic heterocycles. The van der Waals surface area contributed by atoms with Gasteiger partial charge in [-0.25, -0.2) is 0 Å². The SMILES string of the molecule is CCCCCN(CCCCC)C1CC(O[C@H]2C[C@](O)(C(C)=O)Cc3c(O)c4c(c(O)c32)C(=O)c2c(OC)cccc2C4=O)OC(C)C1O.Cl. The van der Waals surface area contributed by atoms with E-state index < -0.39 is 71.0 Å². The number of carbonyl (C=O) groups is 3. The summed E-state index contributed by atoms with van der Waals surface area (Å²) in [6, 6.07) is 4.22. The van der Waals surface area contributed by atoms with E-state index >= 15 is 0 Å². The topological polar surface area (TPSA) is 163 Å². The van der Waals surface area contributed by atoms with Gasteiger partial charge in [0.25, 0.3) is 0 Å². The lowest BCUT2D eigenvalue weighted by Crippen LogP contribution is -2.56. The van der Waals surface area contributed by atoms with E-state index in [0.717, 1.165) is 51.6 Å². The number of ether oxygens (including phenoxy) is 3. The van der Waals surface area contributed by atoms with Crippen molar-refractivity contribution in [3.63, 3.8) is 0 Å². The van der Waals surface area contributed by atoms with Crippen LogP contribution in [0.15, 0.2) is 18.2 Å². The number of aliphatic hydroxyl groups is 2. The Labute approximate surface area is 294 Å². The lowest BCUT2D eigenvalue weighted by molar-refractivity contribution is -0.258. The predicted molar refractivity (Wildman–Crippen MR) is 184 cm³/mol. The smallest absolute Gasteiger partial charge is 0.202 e. The van der Waals surface area contributed by atoms with Crippen molar-refractivity contribution in [2.75, 3.05) is 20.2 Å². The van der Waals surface area contributed by atoms with Gasteiger partial charge in [-0.15, -0.1) is 12.4 Å². The Kier molecular flexibility index (Phi) is 12.5. The first-order valence-corrected chi connectivity index (χ1v) is 17.2. The maximum Gasteiger partial charge on any atom is 0.202 e. The first-order chi connectivity index (χ1) is 22.9. The van der Waals surface area contributed by atoms with Crippen molar-refractivity contribution in [1.29, 1.82) is 0 Å². The number of phenols is 2. The lowest BCUT2D eigenvalue weighted by atomic mass is 9.72. The second kappa shape index (κ2) is 15.9. The summed E-state index contributed by atoms with van der Waals surface area (Å²) in [6.07, 6.45) is 2.26. The van der Waals surface area contributed by atoms with Gasteiger partial charge >= 0.3 is 0 Å². The number of fused-ring (bicyclic) bond motifs is 3. The van der Waals surface area contributed by atoms with Crippen molar-refractivity contribution >= 4 is 29.8 Å². The molecule has 0 radical (unpaired) electrons. The molecule has 2 aromatic carbocycles. The molecule has 4 N–H and O–H groups in total. The Bertz CT molecular complexity index is 1550. The van der Waals surface area contributed by atoms with Crippen LogP contribution in [0.25, 0.3) is 0 Å². The number of benzene rings is 2. The van der Waals surface area contributed by atoms with Crippen LogP contribution >= 0.6 is 12.4 Å². The monoisotopic (exact) mass is 703 g/mol. The Morgan fingerprint density at radius 3 is 2.22 bits per heavy atom. The largest absolute Gasteiger partial charge is 0.507 e. The number of hydrogen-bond acceptors (Lipinski definition) is 11. The molecule has 270 valence electrons. The van der Waals surface area contributed by atoms with Gasteiger partial charge in [0.15, 0.2) is 17.9 Å². The highest BCUT2D eigenvalue weighted by Crippen LogP contribution is 2.52. The van der Waals surface area contributed by atoms with Crippen LogP contribution in [0.5, 0.6) is 17.2 Å². The number of ketones is 3. The molecule has 0 saturated carbocycles. The molecular weight excluding hydrogens is 654 g/mol. The van der Waals surface area contributed by atoms with Crippen LogP contribution in [0.1, 0.15) is 128 Å². The molecule has 12 heteroatoms. The van der Waals surface area contributed by atoms with Gasteiger partial charge in [0.2, 0.25) is 5.78 Å². The minimum absolute atomic E-state index is 0. The Morgan fingerprint density at radius 2 is 1.63 bits per heavy atom. The fraction of sp³-hybridized carbons (Fsp3) is 0.595. The van der Waals surface area contributed by atoms with E-state index in [4.69, 9.17) is 14.2 Å². The van der Waals surface area contributed by atoms with Gasteiger partial charge in [-0.1, -0.05) is 51.7 Å². The Morgan fingerprint density at radius 1 is 1.00 bits per heavy atom. The average Bonchev–Trinajstić information content (AvgIpc) is 3.05. The van der Waals surface area contributed by atoms with Gasteiger partial charge in [-0.05, 0) is 45.8 Å². The maximum absolute atomic E-state index is 13.9. The molecule has 3 aliphatic rings. The van der Waals surface area contributed by atoms with Gasteiger partial charge < -0.3 is 34.6 Å². The van der Waals surface area contributed by atoms with Crippen LogP contribution < -0.4 is 4.74 Å². The summed E-state index contributed by atoms with van der Waals surface area (Å²) in [4.78, 5) is 42.8. The highest BCUT2D eigenvalue weighted by atomic mass is 35.5. The van der Waals surface area contributed by atoms with Crippen molar-refractivity contribution < 1.29 is 49.0 Å². The number of nitrogens with zero attached hydrogens (tertiary/aromatic N) is 1.